The van der Waals surface area contributed by atoms with Crippen molar-refractivity contribution in [3.05, 3.63) is 29.1 Å². The highest BCUT2D eigenvalue weighted by Crippen LogP contribution is 2.19. The van der Waals surface area contributed by atoms with Crippen LogP contribution in [0.1, 0.15) is 29.3 Å². The first-order chi connectivity index (χ1) is 9.79. The van der Waals surface area contributed by atoms with Crippen molar-refractivity contribution in [2.24, 2.45) is 0 Å². The fourth-order valence-electron chi connectivity index (χ4n) is 1.73. The molecule has 21 heavy (non-hydrogen) atoms. The van der Waals surface area contributed by atoms with E-state index >= 15 is 0 Å². The molecule has 0 amide bonds. The number of aryl methyl sites for hydroxylation is 1. The first kappa shape index (κ1) is 17.5. The second-order valence-electron chi connectivity index (χ2n) is 4.51. The molecule has 0 saturated heterocycles. The number of carbonyl (C=O) groups is 1. The molecule has 0 unspecified atom stereocenters. The van der Waals surface area contributed by atoms with Crippen LogP contribution < -0.4 is 10.0 Å². The number of rotatable bonds is 8. The minimum absolute atomic E-state index is 0.0251. The molecule has 0 spiro atoms. The van der Waals surface area contributed by atoms with Gasteiger partial charge in [0.25, 0.3) is 0 Å². The number of nitrogens with one attached hydrogen (secondary N) is 2. The lowest BCUT2D eigenvalue weighted by Crippen LogP contribution is -2.28. The highest BCUT2D eigenvalue weighted by Gasteiger charge is 2.20. The molecule has 0 bridgehead atoms. The van der Waals surface area contributed by atoms with Crippen LogP contribution >= 0.6 is 0 Å². The largest absolute Gasteiger partial charge is 0.478 e. The van der Waals surface area contributed by atoms with Gasteiger partial charge in [0.15, 0.2) is 0 Å². The molecule has 0 aromatic heterocycles. The van der Waals surface area contributed by atoms with Crippen LogP contribution in [0.3, 0.4) is 0 Å². The van der Waals surface area contributed by atoms with Gasteiger partial charge < -0.3 is 10.4 Å². The van der Waals surface area contributed by atoms with Crippen molar-refractivity contribution in [2.45, 2.75) is 25.2 Å². The summed E-state index contributed by atoms with van der Waals surface area (Å²) in [5, 5.41) is 11.9. The Hall–Kier alpha value is -1.51. The van der Waals surface area contributed by atoms with Gasteiger partial charge in [-0.2, -0.15) is 0 Å². The predicted molar refractivity (Wildman–Crippen MR) is 76.4 cm³/mol. The molecule has 3 N–H and O–H groups in total. The molecule has 0 radical (unpaired) electrons. The SMILES string of the molecule is CCNCCCNS(=O)(=O)c1cc(C)c(F)c(C(=O)O)c1. The quantitative estimate of drug-likeness (QED) is 0.624. The van der Waals surface area contributed by atoms with Crippen LogP contribution in [0.15, 0.2) is 17.0 Å². The number of benzene rings is 1. The van der Waals surface area contributed by atoms with Gasteiger partial charge in [0.05, 0.1) is 10.5 Å². The number of hydrogen-bond acceptors (Lipinski definition) is 4. The smallest absolute Gasteiger partial charge is 0.338 e. The van der Waals surface area contributed by atoms with Crippen LogP contribution in [0.2, 0.25) is 0 Å². The summed E-state index contributed by atoms with van der Waals surface area (Å²) in [5.74, 6) is -2.42. The van der Waals surface area contributed by atoms with E-state index < -0.39 is 27.4 Å². The maximum atomic E-state index is 13.6. The Labute approximate surface area is 123 Å². The zero-order chi connectivity index (χ0) is 16.0. The van der Waals surface area contributed by atoms with Crippen molar-refractivity contribution in [1.29, 1.82) is 0 Å². The molecule has 0 aliphatic carbocycles. The van der Waals surface area contributed by atoms with Crippen molar-refractivity contribution in [3.8, 4) is 0 Å². The standard InChI is InChI=1S/C13H19FN2O4S/c1-3-15-5-4-6-16-21(19,20)10-7-9(2)12(14)11(8-10)13(17)18/h7-8,15-16H,3-6H2,1-2H3,(H,17,18). The lowest BCUT2D eigenvalue weighted by molar-refractivity contribution is 0.0691. The molecule has 0 heterocycles. The average Bonchev–Trinajstić information content (AvgIpc) is 2.40. The third-order valence-electron chi connectivity index (χ3n) is 2.84. The molecule has 8 heteroatoms. The molecule has 0 fully saturated rings. The normalized spacial score (nSPS) is 11.6. The number of hydrogen-bond donors (Lipinski definition) is 3. The third-order valence-corrected chi connectivity index (χ3v) is 4.28. The Bertz CT molecular complexity index is 617. The molecule has 1 aromatic rings. The Morgan fingerprint density at radius 3 is 2.57 bits per heavy atom. The topological polar surface area (TPSA) is 95.5 Å². The fraction of sp³-hybridized carbons (Fsp3) is 0.462. The monoisotopic (exact) mass is 318 g/mol. The molecule has 0 aliphatic heterocycles. The first-order valence-corrected chi connectivity index (χ1v) is 8.01. The van der Waals surface area contributed by atoms with Crippen LogP contribution in [0.25, 0.3) is 0 Å². The van der Waals surface area contributed by atoms with E-state index in [1.807, 2.05) is 6.92 Å². The van der Waals surface area contributed by atoms with Crippen molar-refractivity contribution in [3.63, 3.8) is 0 Å². The number of halogens is 1. The van der Waals surface area contributed by atoms with E-state index in [0.29, 0.717) is 13.0 Å². The van der Waals surface area contributed by atoms with Crippen LogP contribution in [0.4, 0.5) is 4.39 Å². The number of aromatic carboxylic acids is 1. The highest BCUT2D eigenvalue weighted by atomic mass is 32.2. The van der Waals surface area contributed by atoms with Crippen LogP contribution in [-0.4, -0.2) is 39.1 Å². The summed E-state index contributed by atoms with van der Waals surface area (Å²) in [6.07, 6.45) is 0.596. The van der Waals surface area contributed by atoms with E-state index in [2.05, 4.69) is 10.0 Å². The Kier molecular flexibility index (Phi) is 6.25. The molecule has 1 aromatic carbocycles. The summed E-state index contributed by atoms with van der Waals surface area (Å²) in [6, 6.07) is 1.95. The zero-order valence-corrected chi connectivity index (χ0v) is 12.8. The molecular formula is C13H19FN2O4S. The maximum absolute atomic E-state index is 13.6. The lowest BCUT2D eigenvalue weighted by atomic mass is 10.1. The summed E-state index contributed by atoms with van der Waals surface area (Å²) in [5.41, 5.74) is -0.675. The van der Waals surface area contributed by atoms with E-state index in [4.69, 9.17) is 5.11 Å². The van der Waals surface area contributed by atoms with Crippen molar-refractivity contribution < 1.29 is 22.7 Å². The predicted octanol–water partition coefficient (Wildman–Crippen LogP) is 1.11. The number of carboxylic acid groups (broad SMARTS) is 1. The number of sulfonamides is 1. The minimum Gasteiger partial charge on any atom is -0.478 e. The van der Waals surface area contributed by atoms with Gasteiger partial charge in [0.1, 0.15) is 5.82 Å². The van der Waals surface area contributed by atoms with Gasteiger partial charge in [0, 0.05) is 6.54 Å². The van der Waals surface area contributed by atoms with Gasteiger partial charge in [-0.25, -0.2) is 22.3 Å². The maximum Gasteiger partial charge on any atom is 0.338 e. The van der Waals surface area contributed by atoms with E-state index in [9.17, 15) is 17.6 Å². The molecule has 1 rings (SSSR count). The van der Waals surface area contributed by atoms with Gasteiger partial charge in [0.2, 0.25) is 10.0 Å². The Morgan fingerprint density at radius 1 is 1.33 bits per heavy atom. The van der Waals surface area contributed by atoms with E-state index in [1.54, 1.807) is 0 Å². The van der Waals surface area contributed by atoms with Gasteiger partial charge >= 0.3 is 5.97 Å². The second kappa shape index (κ2) is 7.48. The Balaban J connectivity index is 2.91. The summed E-state index contributed by atoms with van der Waals surface area (Å²) >= 11 is 0. The van der Waals surface area contributed by atoms with Gasteiger partial charge in [-0.05, 0) is 44.1 Å². The second-order valence-corrected chi connectivity index (χ2v) is 6.28. The third kappa shape index (κ3) is 4.76. The Morgan fingerprint density at radius 2 is 2.00 bits per heavy atom. The average molecular weight is 318 g/mol. The van der Waals surface area contributed by atoms with Gasteiger partial charge in [-0.3, -0.25) is 0 Å². The summed E-state index contributed by atoms with van der Waals surface area (Å²) < 4.78 is 40.1. The molecule has 0 atom stereocenters. The summed E-state index contributed by atoms with van der Waals surface area (Å²) in [6.45, 7) is 4.95. The van der Waals surface area contributed by atoms with E-state index in [0.717, 1.165) is 18.7 Å². The summed E-state index contributed by atoms with van der Waals surface area (Å²) in [4.78, 5) is 10.7. The van der Waals surface area contributed by atoms with E-state index in [-0.39, 0.29) is 17.0 Å². The lowest BCUT2D eigenvalue weighted by Gasteiger charge is -2.10. The fourth-order valence-corrected chi connectivity index (χ4v) is 2.91. The molecule has 0 aliphatic rings. The minimum atomic E-state index is -3.85. The van der Waals surface area contributed by atoms with Crippen LogP contribution in [0.5, 0.6) is 0 Å². The highest BCUT2D eigenvalue weighted by molar-refractivity contribution is 7.89. The number of carboxylic acids is 1. The first-order valence-electron chi connectivity index (χ1n) is 6.53. The molecule has 118 valence electrons. The van der Waals surface area contributed by atoms with Crippen molar-refractivity contribution in [2.75, 3.05) is 19.6 Å². The van der Waals surface area contributed by atoms with Gasteiger partial charge in [-0.15, -0.1) is 0 Å². The molecular weight excluding hydrogens is 299 g/mol. The van der Waals surface area contributed by atoms with Crippen molar-refractivity contribution in [1.82, 2.24) is 10.0 Å². The zero-order valence-electron chi connectivity index (χ0n) is 11.9. The van der Waals surface area contributed by atoms with Crippen LogP contribution in [-0.2, 0) is 10.0 Å². The van der Waals surface area contributed by atoms with Crippen LogP contribution in [0, 0.1) is 12.7 Å². The molecule has 6 nitrogen and oxygen atoms in total. The molecule has 0 saturated carbocycles. The van der Waals surface area contributed by atoms with E-state index in [1.165, 1.54) is 6.92 Å². The van der Waals surface area contributed by atoms with Crippen molar-refractivity contribution >= 4 is 16.0 Å². The summed E-state index contributed by atoms with van der Waals surface area (Å²) in [7, 11) is -3.85. The van der Waals surface area contributed by atoms with Gasteiger partial charge in [-0.1, -0.05) is 6.92 Å².